The van der Waals surface area contributed by atoms with Crippen molar-refractivity contribution in [2.45, 2.75) is 13.5 Å². The molecular formula is C16H18FN3O2. The van der Waals surface area contributed by atoms with E-state index in [1.807, 2.05) is 4.90 Å². The van der Waals surface area contributed by atoms with E-state index < -0.39 is 0 Å². The molecule has 1 aromatic heterocycles. The second-order valence-electron chi connectivity index (χ2n) is 5.43. The fourth-order valence-corrected chi connectivity index (χ4v) is 2.55. The number of oxazole rings is 1. The molecule has 3 rings (SSSR count). The van der Waals surface area contributed by atoms with Gasteiger partial charge in [0.05, 0.1) is 5.69 Å². The molecule has 0 atom stereocenters. The molecule has 6 heteroatoms. The molecule has 2 aromatic rings. The second-order valence-corrected chi connectivity index (χ2v) is 5.43. The summed E-state index contributed by atoms with van der Waals surface area (Å²) in [5.74, 6) is 0.343. The summed E-state index contributed by atoms with van der Waals surface area (Å²) in [6.07, 6.45) is 1.63. The van der Waals surface area contributed by atoms with Crippen LogP contribution in [0.5, 0.6) is 0 Å². The van der Waals surface area contributed by atoms with E-state index in [1.54, 1.807) is 25.3 Å². The SMILES string of the molecule is CC(=O)N1CCN(Cc2coc(-c3ccc(F)cc3)n2)CC1. The minimum absolute atomic E-state index is 0.125. The van der Waals surface area contributed by atoms with Gasteiger partial charge in [-0.1, -0.05) is 0 Å². The number of hydrogen-bond acceptors (Lipinski definition) is 4. The molecule has 1 aromatic carbocycles. The van der Waals surface area contributed by atoms with Gasteiger partial charge in [0.1, 0.15) is 12.1 Å². The van der Waals surface area contributed by atoms with E-state index >= 15 is 0 Å². The molecule has 0 bridgehead atoms. The third kappa shape index (κ3) is 3.33. The number of nitrogens with zero attached hydrogens (tertiary/aromatic N) is 3. The lowest BCUT2D eigenvalue weighted by Crippen LogP contribution is -2.47. The molecule has 0 spiro atoms. The number of aromatic nitrogens is 1. The normalized spacial score (nSPS) is 16.0. The Hall–Kier alpha value is -2.21. The van der Waals surface area contributed by atoms with Crippen molar-refractivity contribution < 1.29 is 13.6 Å². The lowest BCUT2D eigenvalue weighted by molar-refractivity contribution is -0.130. The molecule has 0 unspecified atom stereocenters. The van der Waals surface area contributed by atoms with E-state index in [1.165, 1.54) is 12.1 Å². The zero-order valence-electron chi connectivity index (χ0n) is 12.5. The van der Waals surface area contributed by atoms with Crippen LogP contribution in [0.2, 0.25) is 0 Å². The van der Waals surface area contributed by atoms with Gasteiger partial charge in [-0.15, -0.1) is 0 Å². The van der Waals surface area contributed by atoms with E-state index in [4.69, 9.17) is 4.42 Å². The van der Waals surface area contributed by atoms with Gasteiger partial charge < -0.3 is 9.32 Å². The quantitative estimate of drug-likeness (QED) is 0.872. The van der Waals surface area contributed by atoms with Crippen molar-refractivity contribution in [3.8, 4) is 11.5 Å². The van der Waals surface area contributed by atoms with Crippen LogP contribution < -0.4 is 0 Å². The molecule has 2 heterocycles. The largest absolute Gasteiger partial charge is 0.444 e. The van der Waals surface area contributed by atoms with Gasteiger partial charge in [0, 0.05) is 45.2 Å². The number of piperazine rings is 1. The first kappa shape index (κ1) is 14.7. The Morgan fingerprint density at radius 3 is 2.55 bits per heavy atom. The fourth-order valence-electron chi connectivity index (χ4n) is 2.55. The minimum Gasteiger partial charge on any atom is -0.444 e. The zero-order valence-corrected chi connectivity index (χ0v) is 12.5. The van der Waals surface area contributed by atoms with Crippen LogP contribution in [0, 0.1) is 5.82 Å². The number of rotatable bonds is 3. The number of benzene rings is 1. The molecule has 1 aliphatic heterocycles. The van der Waals surface area contributed by atoms with Crippen LogP contribution in [0.3, 0.4) is 0 Å². The first-order valence-corrected chi connectivity index (χ1v) is 7.30. The van der Waals surface area contributed by atoms with E-state index in [2.05, 4.69) is 9.88 Å². The highest BCUT2D eigenvalue weighted by Gasteiger charge is 2.19. The van der Waals surface area contributed by atoms with Crippen LogP contribution in [0.15, 0.2) is 34.9 Å². The first-order chi connectivity index (χ1) is 10.6. The van der Waals surface area contributed by atoms with Gasteiger partial charge in [-0.05, 0) is 24.3 Å². The molecule has 0 N–H and O–H groups in total. The Kier molecular flexibility index (Phi) is 4.20. The van der Waals surface area contributed by atoms with E-state index in [0.717, 1.165) is 37.4 Å². The number of amides is 1. The first-order valence-electron chi connectivity index (χ1n) is 7.30. The standard InChI is InChI=1S/C16H18FN3O2/c1-12(21)20-8-6-19(7-9-20)10-15-11-22-16(18-15)13-2-4-14(17)5-3-13/h2-5,11H,6-10H2,1H3. The molecule has 0 radical (unpaired) electrons. The summed E-state index contributed by atoms with van der Waals surface area (Å²) in [5, 5.41) is 0. The van der Waals surface area contributed by atoms with Crippen LogP contribution in [0.4, 0.5) is 4.39 Å². The third-order valence-electron chi connectivity index (χ3n) is 3.85. The molecule has 1 fully saturated rings. The monoisotopic (exact) mass is 303 g/mol. The summed E-state index contributed by atoms with van der Waals surface area (Å²) < 4.78 is 18.4. The zero-order chi connectivity index (χ0) is 15.5. The summed E-state index contributed by atoms with van der Waals surface area (Å²) in [5.41, 5.74) is 1.60. The summed E-state index contributed by atoms with van der Waals surface area (Å²) in [4.78, 5) is 19.8. The predicted molar refractivity (Wildman–Crippen MR) is 79.4 cm³/mol. The molecule has 1 amide bonds. The third-order valence-corrected chi connectivity index (χ3v) is 3.85. The number of carbonyl (C=O) groups excluding carboxylic acids is 1. The van der Waals surface area contributed by atoms with E-state index in [9.17, 15) is 9.18 Å². The molecular weight excluding hydrogens is 285 g/mol. The van der Waals surface area contributed by atoms with Crippen molar-refractivity contribution in [3.63, 3.8) is 0 Å². The average Bonchev–Trinajstić information content (AvgIpc) is 2.97. The molecule has 22 heavy (non-hydrogen) atoms. The van der Waals surface area contributed by atoms with Crippen molar-refractivity contribution in [1.82, 2.24) is 14.8 Å². The number of carbonyl (C=O) groups is 1. The van der Waals surface area contributed by atoms with Gasteiger partial charge in [0.2, 0.25) is 11.8 Å². The Morgan fingerprint density at radius 2 is 1.91 bits per heavy atom. The maximum absolute atomic E-state index is 12.9. The Balaban J connectivity index is 1.60. The summed E-state index contributed by atoms with van der Waals surface area (Å²) >= 11 is 0. The predicted octanol–water partition coefficient (Wildman–Crippen LogP) is 2.14. The summed E-state index contributed by atoms with van der Waals surface area (Å²) in [6.45, 7) is 5.45. The van der Waals surface area contributed by atoms with Crippen molar-refractivity contribution in [2.75, 3.05) is 26.2 Å². The molecule has 116 valence electrons. The van der Waals surface area contributed by atoms with Crippen LogP contribution in [-0.4, -0.2) is 46.9 Å². The molecule has 0 aliphatic carbocycles. The smallest absolute Gasteiger partial charge is 0.226 e. The van der Waals surface area contributed by atoms with Gasteiger partial charge in [-0.25, -0.2) is 9.37 Å². The fraction of sp³-hybridized carbons (Fsp3) is 0.375. The van der Waals surface area contributed by atoms with Crippen molar-refractivity contribution in [3.05, 3.63) is 42.0 Å². The highest BCUT2D eigenvalue weighted by molar-refractivity contribution is 5.73. The van der Waals surface area contributed by atoms with Gasteiger partial charge in [0.25, 0.3) is 0 Å². The van der Waals surface area contributed by atoms with Crippen LogP contribution >= 0.6 is 0 Å². The van der Waals surface area contributed by atoms with Gasteiger partial charge >= 0.3 is 0 Å². The maximum Gasteiger partial charge on any atom is 0.226 e. The summed E-state index contributed by atoms with van der Waals surface area (Å²) in [7, 11) is 0. The highest BCUT2D eigenvalue weighted by atomic mass is 19.1. The van der Waals surface area contributed by atoms with E-state index in [-0.39, 0.29) is 11.7 Å². The number of halogens is 1. The van der Waals surface area contributed by atoms with Gasteiger partial charge in [-0.3, -0.25) is 9.69 Å². The maximum atomic E-state index is 12.9. The van der Waals surface area contributed by atoms with Crippen molar-refractivity contribution >= 4 is 5.91 Å². The molecule has 1 saturated heterocycles. The lowest BCUT2D eigenvalue weighted by Gasteiger charge is -2.33. The Morgan fingerprint density at radius 1 is 1.23 bits per heavy atom. The van der Waals surface area contributed by atoms with E-state index in [0.29, 0.717) is 12.4 Å². The van der Waals surface area contributed by atoms with Gasteiger partial charge in [-0.2, -0.15) is 0 Å². The van der Waals surface area contributed by atoms with Crippen molar-refractivity contribution in [1.29, 1.82) is 0 Å². The van der Waals surface area contributed by atoms with Crippen LogP contribution in [0.1, 0.15) is 12.6 Å². The summed E-state index contributed by atoms with van der Waals surface area (Å²) in [6, 6.07) is 6.08. The molecule has 1 aliphatic rings. The second kappa shape index (κ2) is 6.27. The Labute approximate surface area is 128 Å². The highest BCUT2D eigenvalue weighted by Crippen LogP contribution is 2.19. The minimum atomic E-state index is -0.279. The van der Waals surface area contributed by atoms with Gasteiger partial charge in [0.15, 0.2) is 0 Å². The molecule has 0 saturated carbocycles. The average molecular weight is 303 g/mol. The Bertz CT molecular complexity index is 646. The molecule has 5 nitrogen and oxygen atoms in total. The number of hydrogen-bond donors (Lipinski definition) is 0. The van der Waals surface area contributed by atoms with Crippen molar-refractivity contribution in [2.24, 2.45) is 0 Å². The topological polar surface area (TPSA) is 49.6 Å². The van der Waals surface area contributed by atoms with Crippen LogP contribution in [-0.2, 0) is 11.3 Å². The lowest BCUT2D eigenvalue weighted by atomic mass is 10.2. The van der Waals surface area contributed by atoms with Crippen LogP contribution in [0.25, 0.3) is 11.5 Å².